The zero-order chi connectivity index (χ0) is 21.7. The van der Waals surface area contributed by atoms with E-state index >= 15 is 0 Å². The number of hydrogen-bond donors (Lipinski definition) is 2. The lowest BCUT2D eigenvalue weighted by Crippen LogP contribution is -2.45. The third kappa shape index (κ3) is 5.22. The topological polar surface area (TPSA) is 94.9 Å². The van der Waals surface area contributed by atoms with Gasteiger partial charge in [-0.3, -0.25) is 14.5 Å². The molecule has 1 aliphatic heterocycles. The van der Waals surface area contributed by atoms with Crippen LogP contribution in [-0.4, -0.2) is 43.3 Å². The molecule has 6 nitrogen and oxygen atoms in total. The molecular formula is C22H17NO5S2. The van der Waals surface area contributed by atoms with Crippen molar-refractivity contribution in [2.24, 2.45) is 0 Å². The molecule has 0 aromatic heterocycles. The molecule has 1 unspecified atom stereocenters. The zero-order valence-electron chi connectivity index (χ0n) is 15.6. The molecule has 0 radical (unpaired) electrons. The van der Waals surface area contributed by atoms with Crippen LogP contribution in [0.5, 0.6) is 0 Å². The molecule has 1 saturated heterocycles. The summed E-state index contributed by atoms with van der Waals surface area (Å²) in [6.45, 7) is 0. The van der Waals surface area contributed by atoms with Gasteiger partial charge in [0.1, 0.15) is 10.4 Å². The first-order valence-electron chi connectivity index (χ1n) is 8.90. The average Bonchev–Trinajstić information content (AvgIpc) is 2.99. The monoisotopic (exact) mass is 439 g/mol. The van der Waals surface area contributed by atoms with Crippen molar-refractivity contribution in [3.63, 3.8) is 0 Å². The zero-order valence-corrected chi connectivity index (χ0v) is 17.2. The molecule has 1 heterocycles. The number of amides is 1. The molecule has 0 aliphatic carbocycles. The van der Waals surface area contributed by atoms with Gasteiger partial charge < -0.3 is 10.2 Å². The van der Waals surface area contributed by atoms with Crippen LogP contribution in [0.2, 0.25) is 0 Å². The van der Waals surface area contributed by atoms with Gasteiger partial charge in [0.25, 0.3) is 5.91 Å². The molecule has 3 rings (SSSR count). The van der Waals surface area contributed by atoms with Gasteiger partial charge in [0, 0.05) is 0 Å². The van der Waals surface area contributed by atoms with Crippen molar-refractivity contribution in [2.75, 3.05) is 0 Å². The van der Waals surface area contributed by atoms with Crippen molar-refractivity contribution >= 4 is 64.4 Å². The standard InChI is InChI=1S/C22H17NO5S2/c24-19(25)13-17(21(27)28)23-20(26)18(30-22(23)29)12-16-10-8-15(9-11-16)7-6-14-4-2-1-3-5-14/h1-12,17H,13H2,(H,24,25)(H,27,28)/b7-6+,18-12-. The molecule has 1 amide bonds. The van der Waals surface area contributed by atoms with Crippen LogP contribution in [0.1, 0.15) is 23.1 Å². The summed E-state index contributed by atoms with van der Waals surface area (Å²) >= 11 is 6.08. The maximum atomic E-state index is 12.7. The molecule has 1 atom stereocenters. The Hall–Kier alpha value is -3.23. The smallest absolute Gasteiger partial charge is 0.327 e. The molecular weight excluding hydrogens is 422 g/mol. The second kappa shape index (κ2) is 9.51. The van der Waals surface area contributed by atoms with E-state index in [1.165, 1.54) is 0 Å². The van der Waals surface area contributed by atoms with Crippen LogP contribution in [-0.2, 0) is 14.4 Å². The van der Waals surface area contributed by atoms with Gasteiger partial charge in [0.05, 0.1) is 11.3 Å². The maximum absolute atomic E-state index is 12.7. The van der Waals surface area contributed by atoms with Crippen molar-refractivity contribution in [1.82, 2.24) is 4.90 Å². The van der Waals surface area contributed by atoms with Gasteiger partial charge in [0.15, 0.2) is 0 Å². The largest absolute Gasteiger partial charge is 0.481 e. The normalized spacial score (nSPS) is 16.4. The summed E-state index contributed by atoms with van der Waals surface area (Å²) in [5, 5.41) is 18.2. The summed E-state index contributed by atoms with van der Waals surface area (Å²) < 4.78 is 0.0299. The number of hydrogen-bond acceptors (Lipinski definition) is 5. The van der Waals surface area contributed by atoms with Crippen LogP contribution in [0.25, 0.3) is 18.2 Å². The molecule has 0 saturated carbocycles. The number of carboxylic acid groups (broad SMARTS) is 2. The van der Waals surface area contributed by atoms with Gasteiger partial charge >= 0.3 is 11.9 Å². The van der Waals surface area contributed by atoms with Crippen molar-refractivity contribution in [2.45, 2.75) is 12.5 Å². The average molecular weight is 440 g/mol. The van der Waals surface area contributed by atoms with Gasteiger partial charge in [-0.25, -0.2) is 4.79 Å². The fourth-order valence-corrected chi connectivity index (χ4v) is 4.17. The van der Waals surface area contributed by atoms with E-state index in [-0.39, 0.29) is 9.23 Å². The lowest BCUT2D eigenvalue weighted by atomic mass is 10.1. The number of carboxylic acids is 2. The molecule has 0 spiro atoms. The third-order valence-corrected chi connectivity index (χ3v) is 5.62. The first-order valence-corrected chi connectivity index (χ1v) is 10.1. The SMILES string of the molecule is O=C(O)CC(C(=O)O)N1C(=O)/C(=C/c2ccc(/C=C/c3ccccc3)cc2)SC1=S. The van der Waals surface area contributed by atoms with E-state index in [4.69, 9.17) is 17.3 Å². The third-order valence-electron chi connectivity index (χ3n) is 4.29. The Balaban J connectivity index is 1.76. The van der Waals surface area contributed by atoms with E-state index in [1.54, 1.807) is 6.08 Å². The quantitative estimate of drug-likeness (QED) is 0.383. The van der Waals surface area contributed by atoms with Crippen molar-refractivity contribution in [3.8, 4) is 0 Å². The predicted octanol–water partition coefficient (Wildman–Crippen LogP) is 3.99. The van der Waals surface area contributed by atoms with E-state index in [0.29, 0.717) is 0 Å². The summed E-state index contributed by atoms with van der Waals surface area (Å²) in [7, 11) is 0. The minimum Gasteiger partial charge on any atom is -0.481 e. The Morgan fingerprint density at radius 3 is 2.10 bits per heavy atom. The van der Waals surface area contributed by atoms with Crippen LogP contribution >= 0.6 is 24.0 Å². The fraction of sp³-hybridized carbons (Fsp3) is 0.0909. The molecule has 152 valence electrons. The lowest BCUT2D eigenvalue weighted by molar-refractivity contribution is -0.150. The van der Waals surface area contributed by atoms with Crippen molar-refractivity contribution in [3.05, 3.63) is 76.2 Å². The Labute approximate surface area is 182 Å². The minimum absolute atomic E-state index is 0.0299. The second-order valence-corrected chi connectivity index (χ2v) is 8.09. The Morgan fingerprint density at radius 2 is 1.53 bits per heavy atom. The van der Waals surface area contributed by atoms with E-state index in [9.17, 15) is 19.5 Å². The number of thioether (sulfide) groups is 1. The Morgan fingerprint density at radius 1 is 0.967 bits per heavy atom. The van der Waals surface area contributed by atoms with Crippen molar-refractivity contribution in [1.29, 1.82) is 0 Å². The van der Waals surface area contributed by atoms with Gasteiger partial charge in [-0.1, -0.05) is 90.7 Å². The van der Waals surface area contributed by atoms with Crippen molar-refractivity contribution < 1.29 is 24.6 Å². The minimum atomic E-state index is -1.54. The molecule has 1 fully saturated rings. The fourth-order valence-electron chi connectivity index (χ4n) is 2.81. The van der Waals surface area contributed by atoms with E-state index in [2.05, 4.69) is 0 Å². The number of carbonyl (C=O) groups excluding carboxylic acids is 1. The summed E-state index contributed by atoms with van der Waals surface area (Å²) in [5.74, 6) is -3.34. The highest BCUT2D eigenvalue weighted by Gasteiger charge is 2.41. The predicted molar refractivity (Wildman–Crippen MR) is 121 cm³/mol. The van der Waals surface area contributed by atoms with Crippen LogP contribution < -0.4 is 0 Å². The van der Waals surface area contributed by atoms with Crippen LogP contribution in [0.4, 0.5) is 0 Å². The van der Waals surface area contributed by atoms with E-state index < -0.39 is 30.3 Å². The highest BCUT2D eigenvalue weighted by molar-refractivity contribution is 8.26. The summed E-state index contributed by atoms with van der Waals surface area (Å²) in [5.41, 5.74) is 2.81. The number of thiocarbonyl (C=S) groups is 1. The Bertz CT molecular complexity index is 1040. The first kappa shape index (κ1) is 21.5. The number of carbonyl (C=O) groups is 3. The first-order chi connectivity index (χ1) is 14.3. The van der Waals surface area contributed by atoms with Gasteiger partial charge in [0.2, 0.25) is 0 Å². The highest BCUT2D eigenvalue weighted by atomic mass is 32.2. The molecule has 8 heteroatoms. The van der Waals surface area contributed by atoms with Gasteiger partial charge in [-0.05, 0) is 22.8 Å². The van der Waals surface area contributed by atoms with Gasteiger partial charge in [-0.2, -0.15) is 0 Å². The van der Waals surface area contributed by atoms with E-state index in [0.717, 1.165) is 33.4 Å². The summed E-state index contributed by atoms with van der Waals surface area (Å²) in [6, 6.07) is 15.8. The molecule has 2 aromatic rings. The van der Waals surface area contributed by atoms with Gasteiger partial charge in [-0.15, -0.1) is 0 Å². The molecule has 2 N–H and O–H groups in total. The Kier molecular flexibility index (Phi) is 6.81. The summed E-state index contributed by atoms with van der Waals surface area (Å²) in [4.78, 5) is 36.2. The molecule has 1 aliphatic rings. The molecule has 2 aromatic carbocycles. The molecule has 0 bridgehead atoms. The number of aliphatic carboxylic acids is 2. The lowest BCUT2D eigenvalue weighted by Gasteiger charge is -2.21. The van der Waals surface area contributed by atoms with E-state index in [1.807, 2.05) is 66.7 Å². The van der Waals surface area contributed by atoms with Crippen LogP contribution in [0, 0.1) is 0 Å². The second-order valence-electron chi connectivity index (χ2n) is 6.41. The number of benzene rings is 2. The highest BCUT2D eigenvalue weighted by Crippen LogP contribution is 2.34. The summed E-state index contributed by atoms with van der Waals surface area (Å²) in [6.07, 6.45) is 4.86. The molecule has 30 heavy (non-hydrogen) atoms. The van der Waals surface area contributed by atoms with Crippen LogP contribution in [0.3, 0.4) is 0 Å². The van der Waals surface area contributed by atoms with Crippen LogP contribution in [0.15, 0.2) is 59.5 Å². The maximum Gasteiger partial charge on any atom is 0.327 e. The number of nitrogens with zero attached hydrogens (tertiary/aromatic N) is 1. The number of rotatable bonds is 7.